The highest BCUT2D eigenvalue weighted by molar-refractivity contribution is 5.85. The second kappa shape index (κ2) is 5.36. The number of carbonyl (C=O) groups is 1. The molecule has 0 bridgehead atoms. The monoisotopic (exact) mass is 274 g/mol. The summed E-state index contributed by atoms with van der Waals surface area (Å²) in [4.78, 5) is 15.7. The van der Waals surface area contributed by atoms with Crippen LogP contribution in [0.5, 0.6) is 5.75 Å². The summed E-state index contributed by atoms with van der Waals surface area (Å²) in [6.45, 7) is 5.57. The van der Waals surface area contributed by atoms with Crippen LogP contribution in [0.15, 0.2) is 30.5 Å². The Morgan fingerprint density at radius 1 is 1.35 bits per heavy atom. The van der Waals surface area contributed by atoms with Crippen molar-refractivity contribution in [3.63, 3.8) is 0 Å². The fraction of sp³-hybridized carbons (Fsp3) is 0.333. The smallest absolute Gasteiger partial charge is 0.407 e. The fourth-order valence-electron chi connectivity index (χ4n) is 1.80. The number of fused-ring (bicyclic) bond motifs is 1. The number of amides is 1. The van der Waals surface area contributed by atoms with Gasteiger partial charge in [-0.25, -0.2) is 4.79 Å². The Morgan fingerprint density at radius 2 is 2.10 bits per heavy atom. The Hall–Kier alpha value is -2.30. The lowest BCUT2D eigenvalue weighted by molar-refractivity contribution is 0.0523. The molecule has 5 nitrogen and oxygen atoms in total. The summed E-state index contributed by atoms with van der Waals surface area (Å²) in [6, 6.07) is 7.29. The number of pyridine rings is 1. The number of benzene rings is 1. The van der Waals surface area contributed by atoms with Crippen LogP contribution in [-0.4, -0.2) is 21.8 Å². The zero-order valence-corrected chi connectivity index (χ0v) is 11.8. The van der Waals surface area contributed by atoms with E-state index in [1.165, 1.54) is 0 Å². The molecule has 0 aliphatic carbocycles. The molecule has 2 rings (SSSR count). The molecule has 0 radical (unpaired) electrons. The third kappa shape index (κ3) is 3.38. The third-order valence-corrected chi connectivity index (χ3v) is 2.65. The van der Waals surface area contributed by atoms with E-state index < -0.39 is 11.7 Å². The molecule has 0 atom stereocenters. The minimum atomic E-state index is -0.545. The van der Waals surface area contributed by atoms with Crippen molar-refractivity contribution in [2.75, 3.05) is 0 Å². The van der Waals surface area contributed by atoms with Crippen LogP contribution in [0.2, 0.25) is 0 Å². The molecule has 2 aromatic rings. The Bertz CT molecular complexity index is 633. The Balaban J connectivity index is 2.11. The number of phenolic OH excluding ortho intramolecular Hbond substituents is 1. The molecule has 106 valence electrons. The molecule has 1 amide bonds. The summed E-state index contributed by atoms with van der Waals surface area (Å²) >= 11 is 0. The fourth-order valence-corrected chi connectivity index (χ4v) is 1.80. The number of nitrogens with one attached hydrogen (secondary N) is 1. The lowest BCUT2D eigenvalue weighted by atomic mass is 10.1. The van der Waals surface area contributed by atoms with E-state index in [1.807, 2.05) is 12.1 Å². The van der Waals surface area contributed by atoms with Crippen LogP contribution >= 0.6 is 0 Å². The lowest BCUT2D eigenvalue weighted by Crippen LogP contribution is -2.32. The van der Waals surface area contributed by atoms with E-state index in [0.717, 1.165) is 5.39 Å². The minimum absolute atomic E-state index is 0.0826. The number of alkyl carbamates (subject to hydrolysis) is 1. The summed E-state index contributed by atoms with van der Waals surface area (Å²) in [5, 5.41) is 13.6. The van der Waals surface area contributed by atoms with Crippen LogP contribution in [0.1, 0.15) is 26.3 Å². The van der Waals surface area contributed by atoms with Crippen molar-refractivity contribution in [3.05, 3.63) is 36.0 Å². The molecule has 1 aromatic heterocycles. The Kier molecular flexibility index (Phi) is 3.79. The first kappa shape index (κ1) is 14.1. The molecular formula is C15H18N2O3. The molecule has 0 aliphatic heterocycles. The normalized spacial score (nSPS) is 11.3. The number of rotatable bonds is 2. The highest BCUT2D eigenvalue weighted by Crippen LogP contribution is 2.26. The number of phenols is 1. The second-order valence-electron chi connectivity index (χ2n) is 5.50. The van der Waals surface area contributed by atoms with Gasteiger partial charge < -0.3 is 15.2 Å². The van der Waals surface area contributed by atoms with E-state index in [2.05, 4.69) is 10.3 Å². The Morgan fingerprint density at radius 3 is 2.80 bits per heavy atom. The van der Waals surface area contributed by atoms with Gasteiger partial charge in [-0.1, -0.05) is 18.2 Å². The van der Waals surface area contributed by atoms with Gasteiger partial charge in [0.15, 0.2) is 0 Å². The molecule has 5 heteroatoms. The van der Waals surface area contributed by atoms with Crippen LogP contribution in [0.3, 0.4) is 0 Å². The molecule has 0 saturated carbocycles. The molecule has 0 saturated heterocycles. The molecule has 0 fully saturated rings. The van der Waals surface area contributed by atoms with Crippen molar-refractivity contribution >= 4 is 17.0 Å². The maximum absolute atomic E-state index is 11.6. The van der Waals surface area contributed by atoms with Gasteiger partial charge >= 0.3 is 6.09 Å². The van der Waals surface area contributed by atoms with Crippen LogP contribution in [0.25, 0.3) is 10.9 Å². The van der Waals surface area contributed by atoms with E-state index in [9.17, 15) is 9.90 Å². The van der Waals surface area contributed by atoms with E-state index >= 15 is 0 Å². The first-order valence-corrected chi connectivity index (χ1v) is 6.39. The van der Waals surface area contributed by atoms with Gasteiger partial charge in [0.05, 0.1) is 0 Å². The average Bonchev–Trinajstić information content (AvgIpc) is 2.36. The number of hydrogen-bond donors (Lipinski definition) is 2. The first-order valence-electron chi connectivity index (χ1n) is 6.39. The van der Waals surface area contributed by atoms with Crippen LogP contribution in [0.4, 0.5) is 4.79 Å². The maximum Gasteiger partial charge on any atom is 0.407 e. The molecule has 1 heterocycles. The molecule has 0 aliphatic rings. The number of aromatic nitrogens is 1. The summed E-state index contributed by atoms with van der Waals surface area (Å²) < 4.78 is 5.14. The lowest BCUT2D eigenvalue weighted by Gasteiger charge is -2.19. The molecule has 20 heavy (non-hydrogen) atoms. The molecule has 0 spiro atoms. The van der Waals surface area contributed by atoms with Gasteiger partial charge in [0.2, 0.25) is 0 Å². The van der Waals surface area contributed by atoms with E-state index in [1.54, 1.807) is 39.1 Å². The van der Waals surface area contributed by atoms with Crippen LogP contribution < -0.4 is 5.32 Å². The number of nitrogens with zero attached hydrogens (tertiary/aromatic N) is 1. The van der Waals surface area contributed by atoms with E-state index in [0.29, 0.717) is 11.1 Å². The summed E-state index contributed by atoms with van der Waals surface area (Å²) in [7, 11) is 0. The predicted molar refractivity (Wildman–Crippen MR) is 76.5 cm³/mol. The zero-order chi connectivity index (χ0) is 14.8. The second-order valence-corrected chi connectivity index (χ2v) is 5.50. The van der Waals surface area contributed by atoms with Crippen molar-refractivity contribution in [3.8, 4) is 5.75 Å². The van der Waals surface area contributed by atoms with Gasteiger partial charge in [-0.15, -0.1) is 0 Å². The third-order valence-electron chi connectivity index (χ3n) is 2.65. The largest absolute Gasteiger partial charge is 0.505 e. The quantitative estimate of drug-likeness (QED) is 0.883. The average molecular weight is 274 g/mol. The van der Waals surface area contributed by atoms with Crippen molar-refractivity contribution < 1.29 is 14.6 Å². The van der Waals surface area contributed by atoms with E-state index in [-0.39, 0.29) is 12.3 Å². The molecular weight excluding hydrogens is 256 g/mol. The topological polar surface area (TPSA) is 71.5 Å². The van der Waals surface area contributed by atoms with Crippen molar-refractivity contribution in [2.24, 2.45) is 0 Å². The van der Waals surface area contributed by atoms with Crippen LogP contribution in [0, 0.1) is 0 Å². The zero-order valence-electron chi connectivity index (χ0n) is 11.8. The predicted octanol–water partition coefficient (Wildman–Crippen LogP) is 2.97. The van der Waals surface area contributed by atoms with Gasteiger partial charge in [-0.3, -0.25) is 4.98 Å². The Labute approximate surface area is 117 Å². The van der Waals surface area contributed by atoms with Gasteiger partial charge in [-0.2, -0.15) is 0 Å². The number of carbonyl (C=O) groups excluding carboxylic acids is 1. The first-order chi connectivity index (χ1) is 9.37. The standard InChI is InChI=1S/C15H18N2O3/c1-15(2,3)20-14(19)17-9-11-7-6-10-5-4-8-16-12(10)13(11)18/h4-8,18H,9H2,1-3H3,(H,17,19). The van der Waals surface area contributed by atoms with Gasteiger partial charge in [0.1, 0.15) is 16.9 Å². The van der Waals surface area contributed by atoms with Gasteiger partial charge in [-0.05, 0) is 26.8 Å². The summed E-state index contributed by atoms with van der Waals surface area (Å²) in [5.41, 5.74) is 0.579. The summed E-state index contributed by atoms with van der Waals surface area (Å²) in [6.07, 6.45) is 1.10. The number of aromatic hydroxyl groups is 1. The number of ether oxygens (including phenoxy) is 1. The summed E-state index contributed by atoms with van der Waals surface area (Å²) in [5.74, 6) is 0.0826. The van der Waals surface area contributed by atoms with Gasteiger partial charge in [0.25, 0.3) is 0 Å². The van der Waals surface area contributed by atoms with Crippen molar-refractivity contribution in [1.29, 1.82) is 0 Å². The van der Waals surface area contributed by atoms with Crippen molar-refractivity contribution in [1.82, 2.24) is 10.3 Å². The van der Waals surface area contributed by atoms with Crippen molar-refractivity contribution in [2.45, 2.75) is 32.9 Å². The number of hydrogen-bond acceptors (Lipinski definition) is 4. The van der Waals surface area contributed by atoms with E-state index in [4.69, 9.17) is 4.74 Å². The molecule has 1 aromatic carbocycles. The van der Waals surface area contributed by atoms with Crippen LogP contribution in [-0.2, 0) is 11.3 Å². The van der Waals surface area contributed by atoms with Gasteiger partial charge in [0, 0.05) is 23.7 Å². The maximum atomic E-state index is 11.6. The molecule has 0 unspecified atom stereocenters. The SMILES string of the molecule is CC(C)(C)OC(=O)NCc1ccc2cccnc2c1O. The minimum Gasteiger partial charge on any atom is -0.505 e. The molecule has 2 N–H and O–H groups in total. The highest BCUT2D eigenvalue weighted by Gasteiger charge is 2.16. The highest BCUT2D eigenvalue weighted by atomic mass is 16.6.